The molecule has 34 heavy (non-hydrogen) atoms. The molecule has 0 bridgehead atoms. The Labute approximate surface area is 196 Å². The van der Waals surface area contributed by atoms with Crippen LogP contribution in [0.25, 0.3) is 5.76 Å². The number of benzene rings is 3. The molecule has 1 N–H and O–H groups in total. The van der Waals surface area contributed by atoms with Gasteiger partial charge < -0.3 is 10.0 Å². The van der Waals surface area contributed by atoms with E-state index in [2.05, 4.69) is 0 Å². The molecule has 3 aromatic carbocycles. The van der Waals surface area contributed by atoms with Gasteiger partial charge in [-0.25, -0.2) is 0 Å². The van der Waals surface area contributed by atoms with Gasteiger partial charge in [0.15, 0.2) is 0 Å². The lowest BCUT2D eigenvalue weighted by molar-refractivity contribution is -0.384. The van der Waals surface area contributed by atoms with E-state index in [4.69, 9.17) is 0 Å². The maximum absolute atomic E-state index is 13.2. The first kappa shape index (κ1) is 22.7. The molecule has 1 aliphatic heterocycles. The zero-order chi connectivity index (χ0) is 24.6. The molecule has 8 heteroatoms. The molecule has 8 nitrogen and oxygen atoms in total. The van der Waals surface area contributed by atoms with E-state index in [0.717, 1.165) is 11.3 Å². The fraction of sp³-hybridized carbons (Fsp3) is 0.154. The van der Waals surface area contributed by atoms with Gasteiger partial charge >= 0.3 is 0 Å². The van der Waals surface area contributed by atoms with Crippen molar-refractivity contribution in [1.29, 1.82) is 0 Å². The molecule has 0 radical (unpaired) electrons. The summed E-state index contributed by atoms with van der Waals surface area (Å²) in [7, 11) is 3.80. The third kappa shape index (κ3) is 3.90. The van der Waals surface area contributed by atoms with Crippen molar-refractivity contribution in [2.75, 3.05) is 23.9 Å². The van der Waals surface area contributed by atoms with Gasteiger partial charge in [0.1, 0.15) is 5.76 Å². The average molecular weight is 457 g/mol. The Bertz CT molecular complexity index is 1310. The van der Waals surface area contributed by atoms with Gasteiger partial charge in [-0.1, -0.05) is 24.3 Å². The summed E-state index contributed by atoms with van der Waals surface area (Å²) in [5, 5.41) is 22.1. The first-order valence-electron chi connectivity index (χ1n) is 10.6. The van der Waals surface area contributed by atoms with Crippen LogP contribution in [0.4, 0.5) is 17.1 Å². The van der Waals surface area contributed by atoms with Crippen molar-refractivity contribution in [1.82, 2.24) is 0 Å². The smallest absolute Gasteiger partial charge is 0.300 e. The van der Waals surface area contributed by atoms with E-state index in [9.17, 15) is 24.8 Å². The monoisotopic (exact) mass is 457 g/mol. The lowest BCUT2D eigenvalue weighted by Gasteiger charge is -2.27. The van der Waals surface area contributed by atoms with Crippen LogP contribution < -0.4 is 9.80 Å². The Morgan fingerprint density at radius 3 is 2.15 bits per heavy atom. The molecule has 1 atom stereocenters. The molecule has 0 aliphatic carbocycles. The summed E-state index contributed by atoms with van der Waals surface area (Å²) in [6.07, 6.45) is 0. The van der Waals surface area contributed by atoms with Crippen LogP contribution in [-0.2, 0) is 9.59 Å². The highest BCUT2D eigenvalue weighted by molar-refractivity contribution is 6.51. The number of amides is 1. The van der Waals surface area contributed by atoms with Crippen molar-refractivity contribution in [3.8, 4) is 0 Å². The minimum atomic E-state index is -0.860. The van der Waals surface area contributed by atoms with Crippen molar-refractivity contribution in [3.05, 3.63) is 105 Å². The Hall–Kier alpha value is -4.46. The number of nitro benzene ring substituents is 1. The number of aliphatic hydroxyl groups excluding tert-OH is 1. The highest BCUT2D eigenvalue weighted by Gasteiger charge is 2.47. The topological polar surface area (TPSA) is 104 Å². The van der Waals surface area contributed by atoms with E-state index in [1.54, 1.807) is 12.1 Å². The number of hydrogen-bond donors (Lipinski definition) is 1. The van der Waals surface area contributed by atoms with Crippen LogP contribution >= 0.6 is 0 Å². The van der Waals surface area contributed by atoms with Crippen molar-refractivity contribution >= 4 is 34.5 Å². The predicted octanol–water partition coefficient (Wildman–Crippen LogP) is 4.60. The van der Waals surface area contributed by atoms with Crippen molar-refractivity contribution in [2.24, 2.45) is 0 Å². The number of aryl methyl sites for hydroxylation is 1. The first-order chi connectivity index (χ1) is 16.2. The highest BCUT2D eigenvalue weighted by atomic mass is 16.6. The van der Waals surface area contributed by atoms with Crippen molar-refractivity contribution < 1.29 is 19.6 Å². The standard InChI is InChI=1S/C26H23N3O5/c1-16-6-4-5-7-21(16)23-22(24(30)17-8-10-20(11-9-17)29(33)34)25(31)26(32)28(23)19-14-12-18(13-15-19)27(2)3/h4-15,23,30H,1-3H3/b24-22+. The van der Waals surface area contributed by atoms with Crippen molar-refractivity contribution in [2.45, 2.75) is 13.0 Å². The second-order valence-corrected chi connectivity index (χ2v) is 8.24. The molecule has 0 aromatic heterocycles. The molecule has 0 spiro atoms. The summed E-state index contributed by atoms with van der Waals surface area (Å²) >= 11 is 0. The van der Waals surface area contributed by atoms with Crippen molar-refractivity contribution in [3.63, 3.8) is 0 Å². The molecule has 4 rings (SSSR count). The van der Waals surface area contributed by atoms with Crippen LogP contribution in [0, 0.1) is 17.0 Å². The van der Waals surface area contributed by atoms with Gasteiger partial charge in [0.2, 0.25) is 0 Å². The van der Waals surface area contributed by atoms with Crippen LogP contribution in [0.1, 0.15) is 22.7 Å². The van der Waals surface area contributed by atoms with Gasteiger partial charge in [0.05, 0.1) is 16.5 Å². The third-order valence-corrected chi connectivity index (χ3v) is 5.92. The zero-order valence-corrected chi connectivity index (χ0v) is 18.9. The summed E-state index contributed by atoms with van der Waals surface area (Å²) in [6.45, 7) is 1.87. The summed E-state index contributed by atoms with van der Waals surface area (Å²) in [6, 6.07) is 18.9. The second-order valence-electron chi connectivity index (χ2n) is 8.24. The van der Waals surface area contributed by atoms with E-state index in [0.29, 0.717) is 11.3 Å². The summed E-state index contributed by atoms with van der Waals surface area (Å²) in [5.41, 5.74) is 2.99. The Morgan fingerprint density at radius 1 is 0.971 bits per heavy atom. The number of carbonyl (C=O) groups is 2. The number of non-ortho nitro benzene ring substituents is 1. The SMILES string of the molecule is Cc1ccccc1C1/C(=C(\O)c2ccc([N+](=O)[O-])cc2)C(=O)C(=O)N1c1ccc(N(C)C)cc1. The van der Waals surface area contributed by atoms with E-state index in [-0.39, 0.29) is 22.6 Å². The van der Waals surface area contributed by atoms with E-state index in [1.165, 1.54) is 29.2 Å². The number of nitro groups is 1. The Kier molecular flexibility index (Phi) is 5.89. The number of carbonyl (C=O) groups excluding carboxylic acids is 2. The van der Waals surface area contributed by atoms with Crippen LogP contribution in [-0.4, -0.2) is 35.8 Å². The molecule has 3 aromatic rings. The van der Waals surface area contributed by atoms with Gasteiger partial charge in [0, 0.05) is 43.2 Å². The van der Waals surface area contributed by atoms with Crippen LogP contribution in [0.3, 0.4) is 0 Å². The predicted molar refractivity (Wildman–Crippen MR) is 130 cm³/mol. The summed E-state index contributed by atoms with van der Waals surface area (Å²) < 4.78 is 0. The fourth-order valence-corrected chi connectivity index (χ4v) is 4.09. The number of anilines is 2. The molecular weight excluding hydrogens is 434 g/mol. The minimum absolute atomic E-state index is 0.0650. The second kappa shape index (κ2) is 8.82. The highest BCUT2D eigenvalue weighted by Crippen LogP contribution is 2.43. The third-order valence-electron chi connectivity index (χ3n) is 5.92. The van der Waals surface area contributed by atoms with Crippen LogP contribution in [0.15, 0.2) is 78.4 Å². The number of aliphatic hydroxyl groups is 1. The number of Topliss-reactive ketones (excluding diaryl/α,β-unsaturated/α-hetero) is 1. The minimum Gasteiger partial charge on any atom is -0.507 e. The summed E-state index contributed by atoms with van der Waals surface area (Å²) in [4.78, 5) is 40.2. The zero-order valence-electron chi connectivity index (χ0n) is 18.9. The molecular formula is C26H23N3O5. The molecule has 1 unspecified atom stereocenters. The van der Waals surface area contributed by atoms with E-state index >= 15 is 0 Å². The number of ketones is 1. The van der Waals surface area contributed by atoms with Gasteiger partial charge in [0.25, 0.3) is 17.4 Å². The van der Waals surface area contributed by atoms with Crippen LogP contribution in [0.5, 0.6) is 0 Å². The molecule has 172 valence electrons. The fourth-order valence-electron chi connectivity index (χ4n) is 4.09. The van der Waals surface area contributed by atoms with E-state index in [1.807, 2.05) is 62.3 Å². The molecule has 1 heterocycles. The van der Waals surface area contributed by atoms with E-state index < -0.39 is 22.7 Å². The van der Waals surface area contributed by atoms with Gasteiger partial charge in [-0.05, 0) is 54.4 Å². The molecule has 0 saturated carbocycles. The molecule has 1 fully saturated rings. The number of rotatable bonds is 5. The summed E-state index contributed by atoms with van der Waals surface area (Å²) in [5.74, 6) is -1.95. The van der Waals surface area contributed by atoms with Gasteiger partial charge in [-0.3, -0.25) is 24.6 Å². The number of hydrogen-bond acceptors (Lipinski definition) is 6. The first-order valence-corrected chi connectivity index (χ1v) is 10.6. The maximum atomic E-state index is 13.2. The molecule has 1 amide bonds. The normalized spacial score (nSPS) is 17.1. The Balaban J connectivity index is 1.91. The maximum Gasteiger partial charge on any atom is 0.300 e. The van der Waals surface area contributed by atoms with Gasteiger partial charge in [-0.2, -0.15) is 0 Å². The lowest BCUT2D eigenvalue weighted by atomic mass is 9.92. The number of nitrogens with zero attached hydrogens (tertiary/aromatic N) is 3. The lowest BCUT2D eigenvalue weighted by Crippen LogP contribution is -2.29. The Morgan fingerprint density at radius 2 is 1.59 bits per heavy atom. The quantitative estimate of drug-likeness (QED) is 0.198. The molecule has 1 aliphatic rings. The average Bonchev–Trinajstić information content (AvgIpc) is 3.09. The largest absolute Gasteiger partial charge is 0.507 e. The van der Waals surface area contributed by atoms with Gasteiger partial charge in [-0.15, -0.1) is 0 Å². The molecule has 1 saturated heterocycles. The van der Waals surface area contributed by atoms with Crippen LogP contribution in [0.2, 0.25) is 0 Å².